The maximum Gasteiger partial charge on any atom is 0.338 e. The highest BCUT2D eigenvalue weighted by atomic mass is 16.5. The van der Waals surface area contributed by atoms with Gasteiger partial charge in [-0.25, -0.2) is 4.79 Å². The molecule has 0 aliphatic carbocycles. The maximum absolute atomic E-state index is 11.5. The van der Waals surface area contributed by atoms with Crippen molar-refractivity contribution in [2.24, 2.45) is 0 Å². The second-order valence-electron chi connectivity index (χ2n) is 3.66. The minimum absolute atomic E-state index is 0.358. The Balaban J connectivity index is 2.45. The second kappa shape index (κ2) is 4.84. The molecule has 0 radical (unpaired) electrons. The van der Waals surface area contributed by atoms with Crippen LogP contribution in [-0.4, -0.2) is 32.8 Å². The van der Waals surface area contributed by atoms with Gasteiger partial charge in [0.15, 0.2) is 11.5 Å². The molecular formula is C12H12N2O4. The largest absolute Gasteiger partial charge is 0.493 e. The van der Waals surface area contributed by atoms with Gasteiger partial charge in [0.2, 0.25) is 6.10 Å². The number of nitriles is 1. The first-order chi connectivity index (χ1) is 8.69. The molecule has 1 aliphatic heterocycles. The molecule has 0 fully saturated rings. The van der Waals surface area contributed by atoms with Crippen molar-refractivity contribution in [1.82, 2.24) is 0 Å². The van der Waals surface area contributed by atoms with Crippen LogP contribution in [0.1, 0.15) is 10.4 Å². The average Bonchev–Trinajstić information content (AvgIpc) is 2.44. The van der Waals surface area contributed by atoms with E-state index in [0.29, 0.717) is 29.3 Å². The van der Waals surface area contributed by atoms with Crippen molar-refractivity contribution in [2.75, 3.05) is 26.1 Å². The smallest absolute Gasteiger partial charge is 0.338 e. The Morgan fingerprint density at radius 2 is 2.33 bits per heavy atom. The quantitative estimate of drug-likeness (QED) is 0.791. The number of methoxy groups -OCH3 is 2. The van der Waals surface area contributed by atoms with Gasteiger partial charge in [-0.1, -0.05) is 0 Å². The molecule has 1 heterocycles. The Bertz CT molecular complexity index is 504. The summed E-state index contributed by atoms with van der Waals surface area (Å²) >= 11 is 0. The van der Waals surface area contributed by atoms with Crippen molar-refractivity contribution in [3.8, 4) is 17.6 Å². The standard InChI is InChI=1S/C12H12N2O4/c1-16-10-4-7(12(15)17-2)3-9-11(10)18-8(5-13)6-14-9/h3-4,8,14H,6H2,1-2H3. The van der Waals surface area contributed by atoms with Crippen LogP contribution in [0.3, 0.4) is 0 Å². The fourth-order valence-corrected chi connectivity index (χ4v) is 1.70. The lowest BCUT2D eigenvalue weighted by Gasteiger charge is -2.25. The Morgan fingerprint density at radius 3 is 2.94 bits per heavy atom. The Labute approximate surface area is 104 Å². The lowest BCUT2D eigenvalue weighted by atomic mass is 10.1. The summed E-state index contributed by atoms with van der Waals surface area (Å²) in [6.07, 6.45) is -0.574. The van der Waals surface area contributed by atoms with Crippen LogP contribution in [-0.2, 0) is 4.74 Å². The van der Waals surface area contributed by atoms with Crippen LogP contribution in [0.15, 0.2) is 12.1 Å². The molecule has 94 valence electrons. The zero-order valence-electron chi connectivity index (χ0n) is 10.0. The number of benzene rings is 1. The number of rotatable bonds is 2. The summed E-state index contributed by atoms with van der Waals surface area (Å²) in [6, 6.07) is 5.14. The van der Waals surface area contributed by atoms with E-state index in [1.165, 1.54) is 20.3 Å². The third-order valence-electron chi connectivity index (χ3n) is 2.58. The van der Waals surface area contributed by atoms with Crippen LogP contribution in [0.5, 0.6) is 11.5 Å². The van der Waals surface area contributed by atoms with Gasteiger partial charge in [-0.05, 0) is 12.1 Å². The number of carbonyl (C=O) groups is 1. The number of nitrogens with zero attached hydrogens (tertiary/aromatic N) is 1. The number of anilines is 1. The topological polar surface area (TPSA) is 80.6 Å². The average molecular weight is 248 g/mol. The van der Waals surface area contributed by atoms with E-state index in [1.54, 1.807) is 6.07 Å². The van der Waals surface area contributed by atoms with Gasteiger partial charge in [0.1, 0.15) is 6.07 Å². The SMILES string of the molecule is COC(=O)c1cc2c(c(OC)c1)OC(C#N)CN2. The Kier molecular flexibility index (Phi) is 3.24. The third-order valence-corrected chi connectivity index (χ3v) is 2.58. The molecule has 1 atom stereocenters. The van der Waals surface area contributed by atoms with Crippen molar-refractivity contribution >= 4 is 11.7 Å². The van der Waals surface area contributed by atoms with Gasteiger partial charge >= 0.3 is 5.97 Å². The third kappa shape index (κ3) is 2.02. The first-order valence-electron chi connectivity index (χ1n) is 5.30. The molecule has 2 rings (SSSR count). The molecule has 0 aromatic heterocycles. The summed E-state index contributed by atoms with van der Waals surface area (Å²) in [5.41, 5.74) is 0.973. The molecule has 0 saturated carbocycles. The van der Waals surface area contributed by atoms with Crippen molar-refractivity contribution < 1.29 is 19.0 Å². The van der Waals surface area contributed by atoms with E-state index in [2.05, 4.69) is 10.1 Å². The van der Waals surface area contributed by atoms with Crippen molar-refractivity contribution in [3.63, 3.8) is 0 Å². The highest BCUT2D eigenvalue weighted by molar-refractivity contribution is 5.92. The first kappa shape index (κ1) is 12.0. The lowest BCUT2D eigenvalue weighted by molar-refractivity contribution is 0.0600. The van der Waals surface area contributed by atoms with Crippen molar-refractivity contribution in [3.05, 3.63) is 17.7 Å². The van der Waals surface area contributed by atoms with Gasteiger partial charge in [-0.3, -0.25) is 0 Å². The monoisotopic (exact) mass is 248 g/mol. The molecule has 6 heteroatoms. The molecule has 0 spiro atoms. The molecule has 6 nitrogen and oxygen atoms in total. The molecule has 0 bridgehead atoms. The normalized spacial score (nSPS) is 16.6. The molecule has 1 aromatic rings. The van der Waals surface area contributed by atoms with E-state index in [-0.39, 0.29) is 0 Å². The maximum atomic E-state index is 11.5. The van der Waals surface area contributed by atoms with Gasteiger partial charge < -0.3 is 19.5 Å². The van der Waals surface area contributed by atoms with E-state index in [4.69, 9.17) is 14.7 Å². The highest BCUT2D eigenvalue weighted by Gasteiger charge is 2.24. The van der Waals surface area contributed by atoms with Gasteiger partial charge in [0.25, 0.3) is 0 Å². The first-order valence-corrected chi connectivity index (χ1v) is 5.30. The summed E-state index contributed by atoms with van der Waals surface area (Å²) in [7, 11) is 2.78. The Morgan fingerprint density at radius 1 is 1.56 bits per heavy atom. The Hall–Kier alpha value is -2.42. The summed E-state index contributed by atoms with van der Waals surface area (Å²) in [6.45, 7) is 0.358. The molecule has 1 unspecified atom stereocenters. The van der Waals surface area contributed by atoms with Crippen LogP contribution in [0.25, 0.3) is 0 Å². The zero-order valence-corrected chi connectivity index (χ0v) is 10.0. The van der Waals surface area contributed by atoms with Gasteiger partial charge in [0.05, 0.1) is 32.0 Å². The number of esters is 1. The molecular weight excluding hydrogens is 236 g/mol. The van der Waals surface area contributed by atoms with E-state index in [9.17, 15) is 4.79 Å². The molecule has 1 aliphatic rings. The molecule has 0 saturated heterocycles. The minimum atomic E-state index is -0.574. The molecule has 18 heavy (non-hydrogen) atoms. The summed E-state index contributed by atoms with van der Waals surface area (Å²) in [4.78, 5) is 11.5. The number of fused-ring (bicyclic) bond motifs is 1. The van der Waals surface area contributed by atoms with Crippen LogP contribution < -0.4 is 14.8 Å². The fourth-order valence-electron chi connectivity index (χ4n) is 1.70. The number of hydrogen-bond donors (Lipinski definition) is 1. The summed E-state index contributed by atoms with van der Waals surface area (Å²) in [5.74, 6) is 0.364. The van der Waals surface area contributed by atoms with Crippen LogP contribution in [0, 0.1) is 11.3 Å². The number of hydrogen-bond acceptors (Lipinski definition) is 6. The van der Waals surface area contributed by atoms with E-state index >= 15 is 0 Å². The van der Waals surface area contributed by atoms with E-state index < -0.39 is 12.1 Å². The van der Waals surface area contributed by atoms with Gasteiger partial charge in [0, 0.05) is 0 Å². The molecule has 1 N–H and O–H groups in total. The van der Waals surface area contributed by atoms with Crippen molar-refractivity contribution in [1.29, 1.82) is 5.26 Å². The highest BCUT2D eigenvalue weighted by Crippen LogP contribution is 2.39. The lowest BCUT2D eigenvalue weighted by Crippen LogP contribution is -2.29. The van der Waals surface area contributed by atoms with Gasteiger partial charge in [-0.15, -0.1) is 0 Å². The minimum Gasteiger partial charge on any atom is -0.493 e. The predicted octanol–water partition coefficient (Wildman–Crippen LogP) is 1.18. The van der Waals surface area contributed by atoms with Crippen LogP contribution in [0.2, 0.25) is 0 Å². The number of carbonyl (C=O) groups excluding carboxylic acids is 1. The number of nitrogens with one attached hydrogen (secondary N) is 1. The summed E-state index contributed by atoms with van der Waals surface area (Å²) < 4.78 is 15.3. The number of ether oxygens (including phenoxy) is 3. The molecule has 0 amide bonds. The zero-order chi connectivity index (χ0) is 13.1. The predicted molar refractivity (Wildman–Crippen MR) is 62.9 cm³/mol. The van der Waals surface area contributed by atoms with E-state index in [0.717, 1.165) is 0 Å². The van der Waals surface area contributed by atoms with Crippen molar-refractivity contribution in [2.45, 2.75) is 6.10 Å². The summed E-state index contributed by atoms with van der Waals surface area (Å²) in [5, 5.41) is 11.9. The van der Waals surface area contributed by atoms with Crippen LogP contribution in [0.4, 0.5) is 5.69 Å². The fraction of sp³-hybridized carbons (Fsp3) is 0.333. The van der Waals surface area contributed by atoms with Crippen LogP contribution >= 0.6 is 0 Å². The second-order valence-corrected chi connectivity index (χ2v) is 3.66. The molecule has 1 aromatic carbocycles. The van der Waals surface area contributed by atoms with E-state index in [1.807, 2.05) is 6.07 Å². The van der Waals surface area contributed by atoms with Gasteiger partial charge in [-0.2, -0.15) is 5.26 Å².